The number of alkyl halides is 3. The molecule has 0 amide bonds. The van der Waals surface area contributed by atoms with Gasteiger partial charge in [-0.3, -0.25) is 10.1 Å². The van der Waals surface area contributed by atoms with Gasteiger partial charge >= 0.3 is 6.18 Å². The summed E-state index contributed by atoms with van der Waals surface area (Å²) in [5.74, 6) is 0. The van der Waals surface area contributed by atoms with Crippen molar-refractivity contribution in [1.82, 2.24) is 4.98 Å². The van der Waals surface area contributed by atoms with E-state index in [1.165, 1.54) is 6.07 Å². The normalized spacial score (nSPS) is 11.8. The zero-order valence-corrected chi connectivity index (χ0v) is 9.86. The molecule has 0 spiro atoms. The molecule has 0 aliphatic rings. The number of hydrogen-bond donors (Lipinski definition) is 0. The predicted octanol–water partition coefficient (Wildman–Crippen LogP) is 3.72. The van der Waals surface area contributed by atoms with E-state index in [1.54, 1.807) is 6.07 Å². The number of nitro benzene ring substituents is 1. The Morgan fingerprint density at radius 2 is 2.00 bits per heavy atom. The number of benzene rings is 1. The van der Waals surface area contributed by atoms with E-state index >= 15 is 0 Å². The lowest BCUT2D eigenvalue weighted by molar-refractivity contribution is -0.383. The van der Waals surface area contributed by atoms with E-state index in [4.69, 9.17) is 0 Å². The molecule has 2 aromatic rings. The number of halogens is 3. The fourth-order valence-corrected chi connectivity index (χ4v) is 1.76. The van der Waals surface area contributed by atoms with Gasteiger partial charge in [-0.1, -0.05) is 13.0 Å². The van der Waals surface area contributed by atoms with Gasteiger partial charge in [0.25, 0.3) is 5.69 Å². The summed E-state index contributed by atoms with van der Waals surface area (Å²) in [6, 6.07) is 4.37. The second kappa shape index (κ2) is 4.49. The van der Waals surface area contributed by atoms with Crippen molar-refractivity contribution < 1.29 is 18.1 Å². The quantitative estimate of drug-likeness (QED) is 0.617. The van der Waals surface area contributed by atoms with Crippen molar-refractivity contribution in [3.05, 3.63) is 45.6 Å². The number of non-ortho nitro benzene ring substituents is 1. The van der Waals surface area contributed by atoms with Crippen molar-refractivity contribution in [3.63, 3.8) is 0 Å². The largest absolute Gasteiger partial charge is 0.416 e. The van der Waals surface area contributed by atoms with E-state index < -0.39 is 22.4 Å². The third kappa shape index (κ3) is 2.49. The van der Waals surface area contributed by atoms with Gasteiger partial charge in [-0.05, 0) is 18.6 Å². The summed E-state index contributed by atoms with van der Waals surface area (Å²) >= 11 is 0. The molecule has 19 heavy (non-hydrogen) atoms. The molecule has 0 aliphatic carbocycles. The maximum Gasteiger partial charge on any atom is 0.416 e. The van der Waals surface area contributed by atoms with Crippen molar-refractivity contribution in [2.24, 2.45) is 0 Å². The van der Waals surface area contributed by atoms with Gasteiger partial charge in [0.2, 0.25) is 0 Å². The average molecular weight is 270 g/mol. The van der Waals surface area contributed by atoms with Crippen LogP contribution in [0.3, 0.4) is 0 Å². The fourth-order valence-electron chi connectivity index (χ4n) is 1.76. The van der Waals surface area contributed by atoms with Crippen LogP contribution in [-0.2, 0) is 12.6 Å². The van der Waals surface area contributed by atoms with Gasteiger partial charge in [-0.2, -0.15) is 13.2 Å². The highest BCUT2D eigenvalue weighted by Crippen LogP contribution is 2.35. The van der Waals surface area contributed by atoms with Crippen LogP contribution in [0, 0.1) is 10.1 Å². The predicted molar refractivity (Wildman–Crippen MR) is 62.8 cm³/mol. The molecule has 4 nitrogen and oxygen atoms in total. The van der Waals surface area contributed by atoms with Crippen LogP contribution in [0.4, 0.5) is 18.9 Å². The van der Waals surface area contributed by atoms with Gasteiger partial charge in [-0.25, -0.2) is 4.98 Å². The minimum atomic E-state index is -4.62. The molecule has 1 heterocycles. The van der Waals surface area contributed by atoms with E-state index in [-0.39, 0.29) is 10.9 Å². The lowest BCUT2D eigenvalue weighted by Gasteiger charge is -2.08. The summed E-state index contributed by atoms with van der Waals surface area (Å²) < 4.78 is 38.0. The molecule has 1 aromatic carbocycles. The highest BCUT2D eigenvalue weighted by atomic mass is 19.4. The van der Waals surface area contributed by atoms with Crippen LogP contribution in [0.5, 0.6) is 0 Å². The number of nitrogens with zero attached hydrogens (tertiary/aromatic N) is 2. The maximum atomic E-state index is 12.7. The molecule has 2 rings (SSSR count). The Hall–Kier alpha value is -2.18. The molecule has 100 valence electrons. The van der Waals surface area contributed by atoms with Crippen molar-refractivity contribution in [2.45, 2.75) is 19.5 Å². The van der Waals surface area contributed by atoms with Gasteiger partial charge in [0.15, 0.2) is 0 Å². The number of fused-ring (bicyclic) bond motifs is 1. The van der Waals surface area contributed by atoms with E-state index in [2.05, 4.69) is 4.98 Å². The molecule has 0 unspecified atom stereocenters. The lowest BCUT2D eigenvalue weighted by Crippen LogP contribution is -2.06. The number of hydrogen-bond acceptors (Lipinski definition) is 3. The minimum Gasteiger partial charge on any atom is -0.258 e. The standard InChI is InChI=1S/C12H9F3N2O2/c1-2-9-4-3-7-5-8(12(13,14)15)6-10(17(18)19)11(7)16-9/h3-6H,2H2,1H3. The fraction of sp³-hybridized carbons (Fsp3) is 0.250. The van der Waals surface area contributed by atoms with E-state index in [1.807, 2.05) is 6.92 Å². The first-order valence-electron chi connectivity index (χ1n) is 5.48. The zero-order chi connectivity index (χ0) is 14.2. The van der Waals surface area contributed by atoms with Crippen LogP contribution in [-0.4, -0.2) is 9.91 Å². The third-order valence-corrected chi connectivity index (χ3v) is 2.72. The smallest absolute Gasteiger partial charge is 0.258 e. The molecule has 0 fully saturated rings. The Kier molecular flexibility index (Phi) is 3.13. The summed E-state index contributed by atoms with van der Waals surface area (Å²) in [6.07, 6.45) is -4.07. The van der Waals surface area contributed by atoms with E-state index in [0.717, 1.165) is 6.07 Å². The first-order chi connectivity index (χ1) is 8.82. The second-order valence-corrected chi connectivity index (χ2v) is 3.98. The highest BCUT2D eigenvalue weighted by Gasteiger charge is 2.33. The van der Waals surface area contributed by atoms with Crippen molar-refractivity contribution in [1.29, 1.82) is 0 Å². The Morgan fingerprint density at radius 1 is 1.32 bits per heavy atom. The number of aromatic nitrogens is 1. The number of aryl methyl sites for hydroxylation is 1. The molecule has 0 aliphatic heterocycles. The van der Waals surface area contributed by atoms with Crippen LogP contribution in [0.15, 0.2) is 24.3 Å². The Balaban J connectivity index is 2.79. The molecule has 0 saturated carbocycles. The molecule has 0 saturated heterocycles. The van der Waals surface area contributed by atoms with Crippen LogP contribution >= 0.6 is 0 Å². The Morgan fingerprint density at radius 3 is 2.53 bits per heavy atom. The first kappa shape index (κ1) is 13.3. The van der Waals surface area contributed by atoms with E-state index in [9.17, 15) is 23.3 Å². The Labute approximate surface area is 106 Å². The van der Waals surface area contributed by atoms with Crippen LogP contribution in [0.1, 0.15) is 18.2 Å². The maximum absolute atomic E-state index is 12.7. The van der Waals surface area contributed by atoms with Gasteiger partial charge in [0, 0.05) is 17.1 Å². The number of rotatable bonds is 2. The molecule has 1 aromatic heterocycles. The number of nitro groups is 1. The third-order valence-electron chi connectivity index (χ3n) is 2.72. The average Bonchev–Trinajstić information content (AvgIpc) is 2.35. The summed E-state index contributed by atoms with van der Waals surface area (Å²) in [4.78, 5) is 14.1. The molecular weight excluding hydrogens is 261 g/mol. The van der Waals surface area contributed by atoms with E-state index in [0.29, 0.717) is 18.2 Å². The highest BCUT2D eigenvalue weighted by molar-refractivity contribution is 5.88. The molecule has 0 bridgehead atoms. The van der Waals surface area contributed by atoms with Crippen molar-refractivity contribution >= 4 is 16.6 Å². The van der Waals surface area contributed by atoms with Crippen molar-refractivity contribution in [2.75, 3.05) is 0 Å². The van der Waals surface area contributed by atoms with Crippen LogP contribution < -0.4 is 0 Å². The summed E-state index contributed by atoms with van der Waals surface area (Å²) in [6.45, 7) is 1.81. The summed E-state index contributed by atoms with van der Waals surface area (Å²) in [5, 5.41) is 11.0. The van der Waals surface area contributed by atoms with Crippen molar-refractivity contribution in [3.8, 4) is 0 Å². The van der Waals surface area contributed by atoms with Gasteiger partial charge in [0.05, 0.1) is 10.5 Å². The van der Waals surface area contributed by atoms with Gasteiger partial charge in [0.1, 0.15) is 5.52 Å². The van der Waals surface area contributed by atoms with Crippen LogP contribution in [0.25, 0.3) is 10.9 Å². The lowest BCUT2D eigenvalue weighted by atomic mass is 10.1. The zero-order valence-electron chi connectivity index (χ0n) is 9.86. The molecular formula is C12H9F3N2O2. The minimum absolute atomic E-state index is 0.0163. The number of pyridine rings is 1. The second-order valence-electron chi connectivity index (χ2n) is 3.98. The van der Waals surface area contributed by atoms with Gasteiger partial charge in [-0.15, -0.1) is 0 Å². The first-order valence-corrected chi connectivity index (χ1v) is 5.48. The molecule has 0 atom stereocenters. The summed E-state index contributed by atoms with van der Waals surface area (Å²) in [5.41, 5.74) is -1.09. The SMILES string of the molecule is CCc1ccc2cc(C(F)(F)F)cc([N+](=O)[O-])c2n1. The summed E-state index contributed by atoms with van der Waals surface area (Å²) in [7, 11) is 0. The van der Waals surface area contributed by atoms with Gasteiger partial charge < -0.3 is 0 Å². The Bertz CT molecular complexity index is 653. The molecule has 0 N–H and O–H groups in total. The monoisotopic (exact) mass is 270 g/mol. The van der Waals surface area contributed by atoms with Crippen LogP contribution in [0.2, 0.25) is 0 Å². The topological polar surface area (TPSA) is 56.0 Å². The molecule has 0 radical (unpaired) electrons. The molecule has 7 heteroatoms.